The number of aliphatic hydroxyl groups is 1. The number of carbonyl (C=O) groups excluding carboxylic acids is 1. The van der Waals surface area contributed by atoms with Crippen molar-refractivity contribution in [3.05, 3.63) is 0 Å². The number of aliphatic hydroxyl groups excluding tert-OH is 1. The molecule has 4 nitrogen and oxygen atoms in total. The highest BCUT2D eigenvalue weighted by Crippen LogP contribution is 2.65. The van der Waals surface area contributed by atoms with Crippen molar-refractivity contribution >= 4 is 11.7 Å². The van der Waals surface area contributed by atoms with E-state index in [0.29, 0.717) is 5.92 Å². The Bertz CT molecular complexity index is 440. The zero-order valence-electron chi connectivity index (χ0n) is 11.4. The number of carbonyl (C=O) groups is 1. The summed E-state index contributed by atoms with van der Waals surface area (Å²) in [4.78, 5) is 16.4. The van der Waals surface area contributed by atoms with E-state index in [-0.39, 0.29) is 22.9 Å². The maximum atomic E-state index is 11.9. The summed E-state index contributed by atoms with van der Waals surface area (Å²) in [6.07, 6.45) is 1.27. The van der Waals surface area contributed by atoms with Crippen molar-refractivity contribution in [1.82, 2.24) is 0 Å². The van der Waals surface area contributed by atoms with Gasteiger partial charge < -0.3 is 9.84 Å². The molecule has 0 amide bonds. The third-order valence-corrected chi connectivity index (χ3v) is 5.72. The minimum absolute atomic E-state index is 0.0101. The van der Waals surface area contributed by atoms with Crippen molar-refractivity contribution in [3.8, 4) is 0 Å². The summed E-state index contributed by atoms with van der Waals surface area (Å²) in [6, 6.07) is -0.733. The Balaban J connectivity index is 2.08. The van der Waals surface area contributed by atoms with Gasteiger partial charge in [-0.15, -0.1) is 0 Å². The van der Waals surface area contributed by atoms with Crippen LogP contribution in [0.25, 0.3) is 0 Å². The molecule has 0 spiro atoms. The Morgan fingerprint density at radius 3 is 2.72 bits per heavy atom. The van der Waals surface area contributed by atoms with Crippen molar-refractivity contribution in [1.29, 1.82) is 0 Å². The van der Waals surface area contributed by atoms with Crippen LogP contribution in [0.1, 0.15) is 40.5 Å². The summed E-state index contributed by atoms with van der Waals surface area (Å²) >= 11 is 0. The van der Waals surface area contributed by atoms with Crippen LogP contribution in [-0.4, -0.2) is 35.0 Å². The fourth-order valence-corrected chi connectivity index (χ4v) is 4.08. The first-order valence-corrected chi connectivity index (χ1v) is 6.76. The van der Waals surface area contributed by atoms with E-state index in [0.717, 1.165) is 18.6 Å². The maximum Gasteiger partial charge on any atom is 0.334 e. The van der Waals surface area contributed by atoms with Gasteiger partial charge in [-0.1, -0.05) is 20.8 Å². The van der Waals surface area contributed by atoms with Gasteiger partial charge in [-0.2, -0.15) is 0 Å². The summed E-state index contributed by atoms with van der Waals surface area (Å²) < 4.78 is 5.59. The summed E-state index contributed by atoms with van der Waals surface area (Å²) in [6.45, 7) is 8.31. The molecule has 1 heterocycles. The Kier molecular flexibility index (Phi) is 2.26. The van der Waals surface area contributed by atoms with Gasteiger partial charge in [-0.05, 0) is 25.2 Å². The van der Waals surface area contributed by atoms with Crippen LogP contribution in [0.4, 0.5) is 0 Å². The molecule has 5 atom stereocenters. The van der Waals surface area contributed by atoms with Crippen molar-refractivity contribution in [2.75, 3.05) is 0 Å². The third kappa shape index (κ3) is 1.20. The predicted molar refractivity (Wildman–Crippen MR) is 67.4 cm³/mol. The highest BCUT2D eigenvalue weighted by Gasteiger charge is 2.67. The van der Waals surface area contributed by atoms with Crippen molar-refractivity contribution in [2.45, 2.75) is 58.8 Å². The van der Waals surface area contributed by atoms with Gasteiger partial charge in [0.1, 0.15) is 6.10 Å². The number of hydrogen-bond acceptors (Lipinski definition) is 4. The van der Waals surface area contributed by atoms with Gasteiger partial charge in [0.25, 0.3) is 0 Å². The van der Waals surface area contributed by atoms with E-state index in [1.807, 2.05) is 0 Å². The maximum absolute atomic E-state index is 11.9. The van der Waals surface area contributed by atoms with Crippen molar-refractivity contribution < 1.29 is 14.6 Å². The summed E-state index contributed by atoms with van der Waals surface area (Å²) in [5, 5.41) is 9.64. The monoisotopic (exact) mass is 251 g/mol. The Morgan fingerprint density at radius 2 is 2.11 bits per heavy atom. The first kappa shape index (κ1) is 12.2. The lowest BCUT2D eigenvalue weighted by atomic mass is 9.70. The number of aliphatic imine (C=N–C) groups is 1. The van der Waals surface area contributed by atoms with E-state index < -0.39 is 12.1 Å². The number of fused-ring (bicyclic) bond motifs is 5. The van der Waals surface area contributed by atoms with Crippen LogP contribution in [0.15, 0.2) is 4.99 Å². The topological polar surface area (TPSA) is 58.9 Å². The molecule has 3 rings (SSSR count). The largest absolute Gasteiger partial charge is 0.454 e. The van der Waals surface area contributed by atoms with Crippen LogP contribution in [0.3, 0.4) is 0 Å². The standard InChI is InChI=1S/C14H21NO3/c1-7(16)9-12(17)18-10-8-5-6-14(4,11(10)15-9)13(8,2)3/h7-10,16H,5-6H2,1-4H3/t7-,8+,9-,10+,14-/m0/s1. The minimum atomic E-state index is -0.781. The number of esters is 1. The number of hydrogen-bond donors (Lipinski definition) is 1. The highest BCUT2D eigenvalue weighted by atomic mass is 16.5. The quantitative estimate of drug-likeness (QED) is 0.719. The predicted octanol–water partition coefficient (Wildman–Crippen LogP) is 1.56. The fraction of sp³-hybridized carbons (Fsp3) is 0.857. The molecule has 0 aromatic rings. The number of ether oxygens (including phenoxy) is 1. The molecule has 0 aromatic carbocycles. The molecule has 2 aliphatic carbocycles. The SMILES string of the molecule is C[C@H](O)[C@@H]1N=C2[C@H](OC1=O)[C@H]1CC[C@]2(C)C1(C)C. The van der Waals surface area contributed by atoms with Crippen LogP contribution in [-0.2, 0) is 9.53 Å². The van der Waals surface area contributed by atoms with E-state index in [4.69, 9.17) is 4.74 Å². The summed E-state index contributed by atoms with van der Waals surface area (Å²) in [7, 11) is 0. The van der Waals surface area contributed by atoms with Gasteiger partial charge in [0.05, 0.1) is 11.8 Å². The van der Waals surface area contributed by atoms with Gasteiger partial charge in [0.15, 0.2) is 6.04 Å². The molecular formula is C14H21NO3. The molecule has 0 aromatic heterocycles. The van der Waals surface area contributed by atoms with Crippen LogP contribution in [0.5, 0.6) is 0 Å². The van der Waals surface area contributed by atoms with E-state index >= 15 is 0 Å². The van der Waals surface area contributed by atoms with Gasteiger partial charge in [-0.3, -0.25) is 4.99 Å². The van der Waals surface area contributed by atoms with Gasteiger partial charge >= 0.3 is 5.97 Å². The first-order chi connectivity index (χ1) is 8.29. The van der Waals surface area contributed by atoms with E-state index in [2.05, 4.69) is 25.8 Å². The zero-order chi connectivity index (χ0) is 13.3. The smallest absolute Gasteiger partial charge is 0.334 e. The number of rotatable bonds is 1. The summed E-state index contributed by atoms with van der Waals surface area (Å²) in [5.74, 6) is 0.00542. The fourth-order valence-electron chi connectivity index (χ4n) is 4.08. The molecule has 2 saturated carbocycles. The second-order valence-electron chi connectivity index (χ2n) is 6.76. The first-order valence-electron chi connectivity index (χ1n) is 6.76. The van der Waals surface area contributed by atoms with Gasteiger partial charge in [-0.25, -0.2) is 4.79 Å². The molecular weight excluding hydrogens is 230 g/mol. The second-order valence-corrected chi connectivity index (χ2v) is 6.76. The molecule has 2 bridgehead atoms. The molecule has 0 saturated heterocycles. The summed E-state index contributed by atoms with van der Waals surface area (Å²) in [5.41, 5.74) is 1.13. The molecule has 1 aliphatic heterocycles. The molecule has 100 valence electrons. The third-order valence-electron chi connectivity index (χ3n) is 5.72. The lowest BCUT2D eigenvalue weighted by Gasteiger charge is -2.36. The van der Waals surface area contributed by atoms with E-state index in [1.54, 1.807) is 6.92 Å². The lowest BCUT2D eigenvalue weighted by molar-refractivity contribution is -0.154. The Morgan fingerprint density at radius 1 is 1.44 bits per heavy atom. The van der Waals surface area contributed by atoms with E-state index in [9.17, 15) is 9.90 Å². The molecule has 18 heavy (non-hydrogen) atoms. The highest BCUT2D eigenvalue weighted by molar-refractivity contribution is 6.03. The average Bonchev–Trinajstić information content (AvgIpc) is 2.58. The van der Waals surface area contributed by atoms with Crippen molar-refractivity contribution in [2.24, 2.45) is 21.7 Å². The normalized spacial score (nSPS) is 46.4. The molecule has 3 aliphatic rings. The van der Waals surface area contributed by atoms with Crippen LogP contribution >= 0.6 is 0 Å². The van der Waals surface area contributed by atoms with E-state index in [1.165, 1.54) is 0 Å². The van der Waals surface area contributed by atoms with Gasteiger partial charge in [0, 0.05) is 11.3 Å². The second kappa shape index (κ2) is 3.35. The lowest BCUT2D eigenvalue weighted by Crippen LogP contribution is -2.47. The van der Waals surface area contributed by atoms with Crippen molar-refractivity contribution in [3.63, 3.8) is 0 Å². The molecule has 0 radical (unpaired) electrons. The van der Waals surface area contributed by atoms with Gasteiger partial charge in [0.2, 0.25) is 0 Å². The molecule has 2 fully saturated rings. The number of nitrogens with zero attached hydrogens (tertiary/aromatic N) is 1. The Labute approximate surface area is 107 Å². The Hall–Kier alpha value is -0.900. The zero-order valence-corrected chi connectivity index (χ0v) is 11.4. The molecule has 0 unspecified atom stereocenters. The molecule has 1 N–H and O–H groups in total. The molecule has 4 heteroatoms. The van der Waals surface area contributed by atoms with Crippen LogP contribution in [0.2, 0.25) is 0 Å². The van der Waals surface area contributed by atoms with Crippen LogP contribution < -0.4 is 0 Å². The van der Waals surface area contributed by atoms with Crippen LogP contribution in [0, 0.1) is 16.7 Å². The minimum Gasteiger partial charge on any atom is -0.454 e. The average molecular weight is 251 g/mol.